The summed E-state index contributed by atoms with van der Waals surface area (Å²) in [6.07, 6.45) is 6.11. The fraction of sp³-hybridized carbons (Fsp3) is 0.700. The first-order valence-electron chi connectivity index (χ1n) is 6.39. The molecule has 0 saturated carbocycles. The van der Waals surface area contributed by atoms with E-state index in [0.717, 1.165) is 6.42 Å². The Morgan fingerprint density at radius 1 is 0.727 bits per heavy atom. The molecular formula is C10H23Cl3N6S3. The first-order chi connectivity index (χ1) is 10.3. The highest BCUT2D eigenvalue weighted by molar-refractivity contribution is 8.73. The summed E-state index contributed by atoms with van der Waals surface area (Å²) in [5.41, 5.74) is 0. The fourth-order valence-corrected chi connectivity index (χ4v) is 18.1. The van der Waals surface area contributed by atoms with Gasteiger partial charge in [-0.05, 0) is 73.5 Å². The molecule has 1 aliphatic heterocycles. The molecule has 3 N–H and O–H groups in total. The van der Waals surface area contributed by atoms with Gasteiger partial charge in [-0.15, -0.1) is 0 Å². The summed E-state index contributed by atoms with van der Waals surface area (Å²) in [6, 6.07) is 0. The van der Waals surface area contributed by atoms with Gasteiger partial charge in [0.25, 0.3) is 0 Å². The molecule has 0 bridgehead atoms. The molecule has 0 aromatic heterocycles. The highest BCUT2D eigenvalue weighted by Gasteiger charge is 2.44. The monoisotopic (exact) mass is 428 g/mol. The number of aliphatic imine (C=N–C) groups is 3. The van der Waals surface area contributed by atoms with Gasteiger partial charge in [-0.1, -0.05) is 0 Å². The number of nitrogens with one attached hydrogen (secondary N) is 3. The summed E-state index contributed by atoms with van der Waals surface area (Å²) >= 11 is 0. The molecule has 12 heteroatoms. The maximum Gasteiger partial charge on any atom is 0.0515 e. The standard InChI is InChI=1S/C10H23Cl3N6S3/c1-14-5-4-8-20(11)17-21(12,9-6-15-2)19-22(13,18-20)10-7-16-3/h5-7,17-19H,4,8-10H2,1-3H3. The summed E-state index contributed by atoms with van der Waals surface area (Å²) in [7, 11) is 19.7. The van der Waals surface area contributed by atoms with Gasteiger partial charge in [0.05, 0.1) is 11.5 Å². The van der Waals surface area contributed by atoms with Crippen molar-refractivity contribution in [1.29, 1.82) is 0 Å². The van der Waals surface area contributed by atoms with Crippen molar-refractivity contribution in [2.75, 3.05) is 38.4 Å². The number of nitrogens with zero attached hydrogens (tertiary/aromatic N) is 3. The second kappa shape index (κ2) is 9.33. The van der Waals surface area contributed by atoms with E-state index in [1.54, 1.807) is 33.6 Å². The third-order valence-corrected chi connectivity index (χ3v) is 15.5. The summed E-state index contributed by atoms with van der Waals surface area (Å²) in [4.78, 5) is 12.0. The second-order valence-corrected chi connectivity index (χ2v) is 16.1. The summed E-state index contributed by atoms with van der Waals surface area (Å²) in [5.74, 6) is 1.77. The van der Waals surface area contributed by atoms with Crippen LogP contribution < -0.4 is 12.4 Å². The molecule has 1 heterocycles. The molecule has 0 aromatic rings. The van der Waals surface area contributed by atoms with E-state index in [2.05, 4.69) is 27.4 Å². The average molecular weight is 430 g/mol. The molecule has 1 fully saturated rings. The van der Waals surface area contributed by atoms with Gasteiger partial charge in [0.1, 0.15) is 0 Å². The van der Waals surface area contributed by atoms with Gasteiger partial charge >= 0.3 is 0 Å². The SMILES string of the molecule is CN=CCCS1(Cl)NS(Cl)(CC=NC)NS(Cl)(CC=NC)N1. The lowest BCUT2D eigenvalue weighted by molar-refractivity contribution is 1.26. The van der Waals surface area contributed by atoms with E-state index >= 15 is 0 Å². The van der Waals surface area contributed by atoms with Crippen LogP contribution in [-0.2, 0) is 0 Å². The van der Waals surface area contributed by atoms with Crippen LogP contribution in [0.3, 0.4) is 0 Å². The van der Waals surface area contributed by atoms with Crippen LogP contribution in [0.25, 0.3) is 0 Å². The van der Waals surface area contributed by atoms with Gasteiger partial charge < -0.3 is 4.99 Å². The minimum atomic E-state index is -1.92. The summed E-state index contributed by atoms with van der Waals surface area (Å²) < 4.78 is 10.0. The quantitative estimate of drug-likeness (QED) is 0.541. The molecule has 0 aromatic carbocycles. The first kappa shape index (κ1) is 20.9. The Balaban J connectivity index is 2.97. The zero-order chi connectivity index (χ0) is 16.7. The van der Waals surface area contributed by atoms with E-state index in [4.69, 9.17) is 32.0 Å². The van der Waals surface area contributed by atoms with Crippen molar-refractivity contribution in [3.8, 4) is 0 Å². The van der Waals surface area contributed by atoms with Crippen LogP contribution in [-0.4, -0.2) is 57.0 Å². The Hall–Kier alpha value is 0.810. The van der Waals surface area contributed by atoms with Crippen molar-refractivity contribution in [2.45, 2.75) is 6.42 Å². The molecule has 0 amide bonds. The molecule has 0 radical (unpaired) electrons. The zero-order valence-electron chi connectivity index (χ0n) is 12.8. The molecule has 22 heavy (non-hydrogen) atoms. The molecule has 1 rings (SSSR count). The smallest absolute Gasteiger partial charge is 0.0515 e. The lowest BCUT2D eigenvalue weighted by Gasteiger charge is -2.57. The fourth-order valence-electron chi connectivity index (χ4n) is 1.60. The van der Waals surface area contributed by atoms with E-state index < -0.39 is 28.8 Å². The van der Waals surface area contributed by atoms with Gasteiger partial charge in [-0.25, -0.2) is 0 Å². The van der Waals surface area contributed by atoms with Gasteiger partial charge in [0, 0.05) is 39.3 Å². The lowest BCUT2D eigenvalue weighted by atomic mass is 10.5. The minimum Gasteiger partial charge on any atom is -0.301 e. The van der Waals surface area contributed by atoms with E-state index in [1.807, 2.05) is 6.21 Å². The van der Waals surface area contributed by atoms with Crippen LogP contribution >= 0.6 is 60.9 Å². The molecule has 2 atom stereocenters. The predicted octanol–water partition coefficient (Wildman–Crippen LogP) is 3.63. The molecule has 2 unspecified atom stereocenters. The third kappa shape index (κ3) is 6.74. The topological polar surface area (TPSA) is 73.2 Å². The van der Waals surface area contributed by atoms with Crippen LogP contribution in [0.5, 0.6) is 0 Å². The Morgan fingerprint density at radius 2 is 1.14 bits per heavy atom. The Bertz CT molecular complexity index is 424. The number of hydrogen-bond donors (Lipinski definition) is 3. The van der Waals surface area contributed by atoms with Crippen molar-refractivity contribution in [3.63, 3.8) is 0 Å². The van der Waals surface area contributed by atoms with Gasteiger partial charge in [-0.2, -0.15) is 12.4 Å². The number of rotatable bonds is 7. The van der Waals surface area contributed by atoms with Gasteiger partial charge in [0.2, 0.25) is 0 Å². The molecule has 132 valence electrons. The van der Waals surface area contributed by atoms with Crippen molar-refractivity contribution >= 4 is 79.5 Å². The first-order valence-corrected chi connectivity index (χ1v) is 14.3. The van der Waals surface area contributed by atoms with Crippen molar-refractivity contribution < 1.29 is 0 Å². The molecule has 1 aliphatic rings. The number of halogens is 3. The Morgan fingerprint density at radius 3 is 1.55 bits per heavy atom. The molecule has 6 nitrogen and oxygen atoms in total. The van der Waals surface area contributed by atoms with Crippen LogP contribution in [0.2, 0.25) is 0 Å². The minimum absolute atomic E-state index is 0.542. The van der Waals surface area contributed by atoms with E-state index in [-0.39, 0.29) is 0 Å². The molecule has 0 aliphatic carbocycles. The average Bonchev–Trinajstić information content (AvgIpc) is 2.42. The Labute approximate surface area is 151 Å². The van der Waals surface area contributed by atoms with Crippen molar-refractivity contribution in [1.82, 2.24) is 12.4 Å². The van der Waals surface area contributed by atoms with Gasteiger partial charge in [0.15, 0.2) is 0 Å². The maximum absolute atomic E-state index is 6.78. The molecule has 0 spiro atoms. The van der Waals surface area contributed by atoms with Gasteiger partial charge in [-0.3, -0.25) is 9.98 Å². The highest BCUT2D eigenvalue weighted by Crippen LogP contribution is 2.72. The number of hydrogen-bond acceptors (Lipinski definition) is 6. The highest BCUT2D eigenvalue weighted by atomic mass is 35.7. The van der Waals surface area contributed by atoms with E-state index in [0.29, 0.717) is 17.3 Å². The zero-order valence-corrected chi connectivity index (χ0v) is 17.5. The summed E-state index contributed by atoms with van der Waals surface area (Å²) in [5, 5.41) is 0. The van der Waals surface area contributed by atoms with Crippen molar-refractivity contribution in [2.24, 2.45) is 15.0 Å². The van der Waals surface area contributed by atoms with Crippen LogP contribution in [0.1, 0.15) is 6.42 Å². The largest absolute Gasteiger partial charge is 0.301 e. The van der Waals surface area contributed by atoms with E-state index in [9.17, 15) is 0 Å². The molecule has 1 saturated heterocycles. The van der Waals surface area contributed by atoms with Crippen LogP contribution in [0.15, 0.2) is 15.0 Å². The third-order valence-electron chi connectivity index (χ3n) is 2.48. The normalized spacial score (nSPS) is 45.5. The van der Waals surface area contributed by atoms with Crippen LogP contribution in [0.4, 0.5) is 0 Å². The van der Waals surface area contributed by atoms with Crippen molar-refractivity contribution in [3.05, 3.63) is 0 Å². The maximum atomic E-state index is 6.78. The predicted molar refractivity (Wildman–Crippen MR) is 112 cm³/mol. The second-order valence-electron chi connectivity index (χ2n) is 4.36. The summed E-state index contributed by atoms with van der Waals surface area (Å²) in [6.45, 7) is 0. The lowest BCUT2D eigenvalue weighted by Crippen LogP contribution is -2.48. The Kier molecular flexibility index (Phi) is 8.85. The van der Waals surface area contributed by atoms with Crippen LogP contribution in [0, 0.1) is 0 Å². The van der Waals surface area contributed by atoms with E-state index in [1.165, 1.54) is 0 Å². The molecular weight excluding hydrogens is 407 g/mol.